The first kappa shape index (κ1) is 19.3. The Labute approximate surface area is 123 Å². The van der Waals surface area contributed by atoms with Gasteiger partial charge in [-0.3, -0.25) is 14.4 Å². The lowest BCUT2D eigenvalue weighted by atomic mass is 10.4. The van der Waals surface area contributed by atoms with Gasteiger partial charge in [0.05, 0.1) is 18.7 Å². The van der Waals surface area contributed by atoms with E-state index in [-0.39, 0.29) is 32.0 Å². The zero-order valence-electron chi connectivity index (χ0n) is 12.0. The van der Waals surface area contributed by atoms with Gasteiger partial charge in [0.2, 0.25) is 21.8 Å². The monoisotopic (exact) mass is 323 g/mol. The minimum Gasteiger partial charge on any atom is -0.481 e. The third kappa shape index (κ3) is 11.8. The number of carbonyl (C=O) groups excluding carboxylic acids is 2. The number of nitrogens with one attached hydrogen (secondary N) is 3. The molecule has 0 bridgehead atoms. The predicted octanol–water partition coefficient (Wildman–Crippen LogP) is -1.59. The normalized spacial score (nSPS) is 11.2. The van der Waals surface area contributed by atoms with Crippen LogP contribution < -0.4 is 15.4 Å². The summed E-state index contributed by atoms with van der Waals surface area (Å²) in [5, 5.41) is 13.2. The van der Waals surface area contributed by atoms with Crippen LogP contribution in [-0.2, 0) is 24.4 Å². The first-order chi connectivity index (χ1) is 9.62. The summed E-state index contributed by atoms with van der Waals surface area (Å²) in [6.45, 7) is 3.04. The molecule has 0 radical (unpaired) electrons. The van der Waals surface area contributed by atoms with Gasteiger partial charge < -0.3 is 15.7 Å². The number of hydrogen-bond donors (Lipinski definition) is 4. The summed E-state index contributed by atoms with van der Waals surface area (Å²) in [6, 6.07) is -0.0954. The Morgan fingerprint density at radius 1 is 1.10 bits per heavy atom. The number of amides is 2. The summed E-state index contributed by atoms with van der Waals surface area (Å²) >= 11 is 0. The fourth-order valence-electron chi connectivity index (χ4n) is 1.24. The minimum absolute atomic E-state index is 0.0571. The summed E-state index contributed by atoms with van der Waals surface area (Å²) in [6.07, 6.45) is -0.535. The Hall–Kier alpha value is -1.68. The number of aliphatic carboxylic acids is 1. The van der Waals surface area contributed by atoms with Crippen LogP contribution in [0.2, 0.25) is 0 Å². The summed E-state index contributed by atoms with van der Waals surface area (Å²) in [5.74, 6) is -2.55. The van der Waals surface area contributed by atoms with Gasteiger partial charge in [-0.1, -0.05) is 0 Å². The largest absolute Gasteiger partial charge is 0.481 e. The van der Waals surface area contributed by atoms with Crippen molar-refractivity contribution < 1.29 is 27.9 Å². The second-order valence-corrected chi connectivity index (χ2v) is 6.53. The molecule has 10 heteroatoms. The minimum atomic E-state index is -3.74. The molecule has 0 fully saturated rings. The fourth-order valence-corrected chi connectivity index (χ4v) is 2.19. The predicted molar refractivity (Wildman–Crippen MR) is 74.9 cm³/mol. The highest BCUT2D eigenvalue weighted by atomic mass is 32.2. The lowest BCUT2D eigenvalue weighted by Crippen LogP contribution is -2.41. The second kappa shape index (κ2) is 9.29. The zero-order valence-corrected chi connectivity index (χ0v) is 12.8. The number of carboxylic acids is 1. The third-order valence-corrected chi connectivity index (χ3v) is 3.49. The molecule has 0 aliphatic rings. The molecule has 0 aromatic heterocycles. The van der Waals surface area contributed by atoms with Gasteiger partial charge >= 0.3 is 5.97 Å². The Bertz CT molecular complexity index is 474. The number of rotatable bonds is 10. The van der Waals surface area contributed by atoms with Crippen LogP contribution in [-0.4, -0.2) is 56.2 Å². The average molecular weight is 323 g/mol. The molecular formula is C11H21N3O6S. The second-order valence-electron chi connectivity index (χ2n) is 4.61. The van der Waals surface area contributed by atoms with Crippen LogP contribution in [0.25, 0.3) is 0 Å². The highest BCUT2D eigenvalue weighted by Crippen LogP contribution is 1.90. The van der Waals surface area contributed by atoms with Crippen molar-refractivity contribution in [3.05, 3.63) is 0 Å². The van der Waals surface area contributed by atoms with Gasteiger partial charge in [-0.15, -0.1) is 0 Å². The molecule has 4 N–H and O–H groups in total. The van der Waals surface area contributed by atoms with Crippen molar-refractivity contribution in [2.75, 3.05) is 18.8 Å². The topological polar surface area (TPSA) is 142 Å². The van der Waals surface area contributed by atoms with E-state index < -0.39 is 33.6 Å². The van der Waals surface area contributed by atoms with Crippen LogP contribution in [0, 0.1) is 0 Å². The van der Waals surface area contributed by atoms with Crippen LogP contribution in [0.5, 0.6) is 0 Å². The highest BCUT2D eigenvalue weighted by molar-refractivity contribution is 7.89. The molecule has 0 aliphatic heterocycles. The number of carboxylic acid groups (broad SMARTS) is 1. The van der Waals surface area contributed by atoms with Crippen molar-refractivity contribution in [3.8, 4) is 0 Å². The Kier molecular flexibility index (Phi) is 8.55. The van der Waals surface area contributed by atoms with E-state index in [9.17, 15) is 22.8 Å². The fraction of sp³-hybridized carbons (Fsp3) is 0.727. The van der Waals surface area contributed by atoms with Crippen molar-refractivity contribution >= 4 is 27.8 Å². The maximum Gasteiger partial charge on any atom is 0.305 e. The molecule has 0 spiro atoms. The molecule has 0 aromatic rings. The van der Waals surface area contributed by atoms with Gasteiger partial charge in [0, 0.05) is 19.0 Å². The van der Waals surface area contributed by atoms with E-state index >= 15 is 0 Å². The molecule has 0 unspecified atom stereocenters. The Balaban J connectivity index is 3.99. The van der Waals surface area contributed by atoms with Gasteiger partial charge in [0.1, 0.15) is 0 Å². The van der Waals surface area contributed by atoms with E-state index in [4.69, 9.17) is 5.11 Å². The van der Waals surface area contributed by atoms with Gasteiger partial charge in [-0.25, -0.2) is 13.1 Å². The van der Waals surface area contributed by atoms with Crippen LogP contribution in [0.15, 0.2) is 0 Å². The summed E-state index contributed by atoms with van der Waals surface area (Å²) in [7, 11) is -3.74. The third-order valence-electron chi connectivity index (χ3n) is 2.16. The summed E-state index contributed by atoms with van der Waals surface area (Å²) in [4.78, 5) is 32.8. The molecule has 0 heterocycles. The lowest BCUT2D eigenvalue weighted by molar-refractivity contribution is -0.137. The van der Waals surface area contributed by atoms with Crippen LogP contribution in [0.1, 0.15) is 26.7 Å². The van der Waals surface area contributed by atoms with Crippen LogP contribution >= 0.6 is 0 Å². The molecule has 0 saturated heterocycles. The maximum atomic E-state index is 11.5. The smallest absolute Gasteiger partial charge is 0.305 e. The summed E-state index contributed by atoms with van der Waals surface area (Å²) in [5.41, 5.74) is 0. The van der Waals surface area contributed by atoms with E-state index in [1.807, 2.05) is 0 Å². The van der Waals surface area contributed by atoms with Crippen LogP contribution in [0.4, 0.5) is 0 Å². The van der Waals surface area contributed by atoms with E-state index in [2.05, 4.69) is 15.4 Å². The zero-order chi connectivity index (χ0) is 16.5. The SMILES string of the molecule is CC(C)NC(=O)CNS(=O)(=O)CCC(=O)NCCC(=O)O. The maximum absolute atomic E-state index is 11.5. The first-order valence-electron chi connectivity index (χ1n) is 6.37. The van der Waals surface area contributed by atoms with Gasteiger partial charge in [0.25, 0.3) is 0 Å². The van der Waals surface area contributed by atoms with Crippen molar-refractivity contribution in [1.82, 2.24) is 15.4 Å². The summed E-state index contributed by atoms with van der Waals surface area (Å²) < 4.78 is 25.2. The molecule has 0 atom stereocenters. The van der Waals surface area contributed by atoms with E-state index in [0.29, 0.717) is 0 Å². The van der Waals surface area contributed by atoms with Gasteiger partial charge in [-0.2, -0.15) is 0 Å². The average Bonchev–Trinajstić information content (AvgIpc) is 2.33. The standard InChI is InChI=1S/C11H21N3O6S/c1-8(2)14-10(16)7-13-21(19,20)6-4-9(15)12-5-3-11(17)18/h8,13H,3-7H2,1-2H3,(H,12,15)(H,14,16)(H,17,18). The number of hydrogen-bond acceptors (Lipinski definition) is 5. The van der Waals surface area contributed by atoms with Gasteiger partial charge in [-0.05, 0) is 13.8 Å². The van der Waals surface area contributed by atoms with E-state index in [0.717, 1.165) is 0 Å². The van der Waals surface area contributed by atoms with Crippen molar-refractivity contribution in [2.45, 2.75) is 32.7 Å². The quantitative estimate of drug-likeness (QED) is 0.382. The van der Waals surface area contributed by atoms with Crippen molar-refractivity contribution in [2.24, 2.45) is 0 Å². The highest BCUT2D eigenvalue weighted by Gasteiger charge is 2.15. The Morgan fingerprint density at radius 3 is 2.24 bits per heavy atom. The lowest BCUT2D eigenvalue weighted by Gasteiger charge is -2.09. The van der Waals surface area contributed by atoms with E-state index in [1.54, 1.807) is 13.8 Å². The van der Waals surface area contributed by atoms with Gasteiger partial charge in [0.15, 0.2) is 0 Å². The van der Waals surface area contributed by atoms with Crippen molar-refractivity contribution in [1.29, 1.82) is 0 Å². The number of carbonyl (C=O) groups is 3. The molecule has 2 amide bonds. The molecule has 9 nitrogen and oxygen atoms in total. The molecule has 0 rings (SSSR count). The first-order valence-corrected chi connectivity index (χ1v) is 8.03. The molecule has 0 saturated carbocycles. The molecule has 122 valence electrons. The Morgan fingerprint density at radius 2 is 1.71 bits per heavy atom. The molecule has 21 heavy (non-hydrogen) atoms. The number of sulfonamides is 1. The molecule has 0 aromatic carbocycles. The molecule has 0 aliphatic carbocycles. The molecular weight excluding hydrogens is 302 g/mol. The van der Waals surface area contributed by atoms with E-state index in [1.165, 1.54) is 0 Å². The van der Waals surface area contributed by atoms with Crippen molar-refractivity contribution in [3.63, 3.8) is 0 Å². The van der Waals surface area contributed by atoms with Crippen LogP contribution in [0.3, 0.4) is 0 Å².